The van der Waals surface area contributed by atoms with E-state index in [1.165, 1.54) is 12.2 Å². The van der Waals surface area contributed by atoms with Crippen molar-refractivity contribution in [3.05, 3.63) is 0 Å². The van der Waals surface area contributed by atoms with Gasteiger partial charge in [0.1, 0.15) is 5.60 Å². The van der Waals surface area contributed by atoms with Crippen LogP contribution in [0.5, 0.6) is 0 Å². The second kappa shape index (κ2) is 15.7. The van der Waals surface area contributed by atoms with Crippen LogP contribution in [0, 0.1) is 0 Å². The lowest BCUT2D eigenvalue weighted by Gasteiger charge is -2.30. The number of carbonyl (C=O) groups is 1. The van der Waals surface area contributed by atoms with Crippen LogP contribution in [0.15, 0.2) is 4.99 Å². The molecule has 0 heterocycles. The van der Waals surface area contributed by atoms with E-state index in [2.05, 4.69) is 21.9 Å². The van der Waals surface area contributed by atoms with Crippen molar-refractivity contribution in [3.8, 4) is 0 Å². The van der Waals surface area contributed by atoms with Crippen molar-refractivity contribution in [3.63, 3.8) is 0 Å². The molecular formula is C18H39IN4O2S. The zero-order valence-electron chi connectivity index (χ0n) is 17.6. The van der Waals surface area contributed by atoms with Crippen molar-refractivity contribution < 1.29 is 9.53 Å². The first kappa shape index (κ1) is 27.8. The number of ether oxygens (including phenoxy) is 1. The van der Waals surface area contributed by atoms with Crippen LogP contribution >= 0.6 is 35.7 Å². The van der Waals surface area contributed by atoms with Gasteiger partial charge in [0.25, 0.3) is 0 Å². The lowest BCUT2D eigenvalue weighted by atomic mass is 10.2. The van der Waals surface area contributed by atoms with E-state index in [0.29, 0.717) is 6.54 Å². The average molecular weight is 503 g/mol. The molecule has 0 aromatic carbocycles. The Bertz CT molecular complexity index is 401. The van der Waals surface area contributed by atoms with Crippen molar-refractivity contribution in [1.29, 1.82) is 0 Å². The molecule has 2 N–H and O–H groups in total. The Kier molecular flexibility index (Phi) is 16.8. The molecular weight excluding hydrogens is 463 g/mol. The van der Waals surface area contributed by atoms with Gasteiger partial charge in [-0.15, -0.1) is 24.0 Å². The summed E-state index contributed by atoms with van der Waals surface area (Å²) in [7, 11) is 1.78. The first-order chi connectivity index (χ1) is 11.7. The maximum Gasteiger partial charge on any atom is 0.410 e. The molecule has 0 aromatic rings. The van der Waals surface area contributed by atoms with Crippen LogP contribution in [-0.2, 0) is 4.74 Å². The number of halogens is 1. The van der Waals surface area contributed by atoms with Gasteiger partial charge in [0.2, 0.25) is 0 Å². The molecule has 1 amide bonds. The average Bonchev–Trinajstić information content (AvgIpc) is 2.50. The molecule has 0 fully saturated rings. The Morgan fingerprint density at radius 2 is 1.73 bits per heavy atom. The normalized spacial score (nSPS) is 11.8. The SMILES string of the molecule is CN=C(NCCCCSC)NCCCN(C(=O)OC(C)(C)C)C(C)C.I. The third kappa shape index (κ3) is 14.8. The monoisotopic (exact) mass is 502 g/mol. The number of carbonyl (C=O) groups excluding carboxylic acids is 1. The number of thioether (sulfide) groups is 1. The summed E-state index contributed by atoms with van der Waals surface area (Å²) >= 11 is 1.88. The molecule has 6 nitrogen and oxygen atoms in total. The molecule has 0 saturated carbocycles. The summed E-state index contributed by atoms with van der Waals surface area (Å²) < 4.78 is 5.47. The minimum Gasteiger partial charge on any atom is -0.444 e. The van der Waals surface area contributed by atoms with E-state index in [0.717, 1.165) is 31.9 Å². The van der Waals surface area contributed by atoms with Gasteiger partial charge in [-0.3, -0.25) is 4.99 Å². The highest BCUT2D eigenvalue weighted by atomic mass is 127. The second-order valence-corrected chi connectivity index (χ2v) is 8.23. The topological polar surface area (TPSA) is 66.0 Å². The van der Waals surface area contributed by atoms with Crippen molar-refractivity contribution in [2.24, 2.45) is 4.99 Å². The van der Waals surface area contributed by atoms with Crippen LogP contribution in [0.25, 0.3) is 0 Å². The van der Waals surface area contributed by atoms with Crippen LogP contribution in [0.4, 0.5) is 4.79 Å². The molecule has 0 atom stereocenters. The highest BCUT2D eigenvalue weighted by Crippen LogP contribution is 2.12. The van der Waals surface area contributed by atoms with Gasteiger partial charge in [-0.05, 0) is 65.9 Å². The summed E-state index contributed by atoms with van der Waals surface area (Å²) in [6.45, 7) is 12.0. The molecule has 0 bridgehead atoms. The minimum absolute atomic E-state index is 0. The zero-order valence-corrected chi connectivity index (χ0v) is 20.7. The summed E-state index contributed by atoms with van der Waals surface area (Å²) in [5, 5.41) is 6.61. The maximum atomic E-state index is 12.3. The molecule has 0 rings (SSSR count). The van der Waals surface area contributed by atoms with Gasteiger partial charge in [0, 0.05) is 32.7 Å². The number of guanidine groups is 1. The van der Waals surface area contributed by atoms with E-state index in [1.807, 2.05) is 46.4 Å². The summed E-state index contributed by atoms with van der Waals surface area (Å²) in [4.78, 5) is 18.3. The number of hydrogen-bond acceptors (Lipinski definition) is 4. The number of rotatable bonds is 10. The number of amides is 1. The first-order valence-electron chi connectivity index (χ1n) is 9.14. The predicted molar refractivity (Wildman–Crippen MR) is 125 cm³/mol. The second-order valence-electron chi connectivity index (χ2n) is 7.25. The van der Waals surface area contributed by atoms with E-state index < -0.39 is 5.60 Å². The van der Waals surface area contributed by atoms with Gasteiger partial charge in [0.05, 0.1) is 0 Å². The van der Waals surface area contributed by atoms with E-state index in [1.54, 1.807) is 11.9 Å². The molecule has 0 unspecified atom stereocenters. The largest absolute Gasteiger partial charge is 0.444 e. The van der Waals surface area contributed by atoms with E-state index >= 15 is 0 Å². The Morgan fingerprint density at radius 3 is 2.19 bits per heavy atom. The summed E-state index contributed by atoms with van der Waals surface area (Å²) in [5.41, 5.74) is -0.468. The molecule has 0 saturated heterocycles. The van der Waals surface area contributed by atoms with Crippen LogP contribution in [0.1, 0.15) is 53.9 Å². The number of nitrogens with zero attached hydrogens (tertiary/aromatic N) is 2. The molecule has 0 radical (unpaired) electrons. The smallest absolute Gasteiger partial charge is 0.410 e. The van der Waals surface area contributed by atoms with Gasteiger partial charge in [-0.2, -0.15) is 11.8 Å². The Hall–Kier alpha value is -0.380. The standard InChI is InChI=1S/C18H38N4O2S.HI/c1-15(2)22(17(23)24-18(3,4)5)13-10-12-21-16(19-6)20-11-8-9-14-25-7;/h15H,8-14H2,1-7H3,(H2,19,20,21);1H. The highest BCUT2D eigenvalue weighted by molar-refractivity contribution is 14.0. The summed E-state index contributed by atoms with van der Waals surface area (Å²) in [6.07, 6.45) is 5.07. The van der Waals surface area contributed by atoms with Crippen molar-refractivity contribution in [2.45, 2.75) is 65.5 Å². The Morgan fingerprint density at radius 1 is 1.15 bits per heavy atom. The zero-order chi connectivity index (χ0) is 19.3. The molecule has 0 aromatic heterocycles. The van der Waals surface area contributed by atoms with Gasteiger partial charge in [0.15, 0.2) is 5.96 Å². The fraction of sp³-hybridized carbons (Fsp3) is 0.889. The molecule has 8 heteroatoms. The van der Waals surface area contributed by atoms with Gasteiger partial charge >= 0.3 is 6.09 Å². The van der Waals surface area contributed by atoms with Crippen molar-refractivity contribution >= 4 is 47.8 Å². The number of hydrogen-bond donors (Lipinski definition) is 2. The Balaban J connectivity index is 0. The number of nitrogens with one attached hydrogen (secondary N) is 2. The van der Waals surface area contributed by atoms with Crippen molar-refractivity contribution in [2.75, 3.05) is 38.7 Å². The summed E-state index contributed by atoms with van der Waals surface area (Å²) in [5.74, 6) is 2.01. The molecule has 0 aliphatic heterocycles. The number of unbranched alkanes of at least 4 members (excludes halogenated alkanes) is 1. The Labute approximate surface area is 181 Å². The molecule has 156 valence electrons. The highest BCUT2D eigenvalue weighted by Gasteiger charge is 2.23. The van der Waals surface area contributed by atoms with Crippen LogP contribution in [0.2, 0.25) is 0 Å². The van der Waals surface area contributed by atoms with Gasteiger partial charge in [-0.25, -0.2) is 4.79 Å². The van der Waals surface area contributed by atoms with E-state index in [-0.39, 0.29) is 36.1 Å². The van der Waals surface area contributed by atoms with Crippen molar-refractivity contribution in [1.82, 2.24) is 15.5 Å². The third-order valence-electron chi connectivity index (χ3n) is 3.41. The first-order valence-corrected chi connectivity index (χ1v) is 10.5. The van der Waals surface area contributed by atoms with Crippen LogP contribution in [0.3, 0.4) is 0 Å². The number of aliphatic imine (C=N–C) groups is 1. The van der Waals surface area contributed by atoms with E-state index in [9.17, 15) is 4.79 Å². The van der Waals surface area contributed by atoms with Gasteiger partial charge < -0.3 is 20.3 Å². The fourth-order valence-electron chi connectivity index (χ4n) is 2.14. The lowest BCUT2D eigenvalue weighted by Crippen LogP contribution is -2.43. The molecule has 26 heavy (non-hydrogen) atoms. The molecule has 0 aliphatic carbocycles. The quantitative estimate of drug-likeness (QED) is 0.205. The molecule has 0 spiro atoms. The minimum atomic E-state index is -0.468. The third-order valence-corrected chi connectivity index (χ3v) is 4.11. The maximum absolute atomic E-state index is 12.3. The summed E-state index contributed by atoms with van der Waals surface area (Å²) in [6, 6.07) is 0.115. The van der Waals surface area contributed by atoms with E-state index in [4.69, 9.17) is 4.74 Å². The fourth-order valence-corrected chi connectivity index (χ4v) is 2.63. The molecule has 0 aliphatic rings. The predicted octanol–water partition coefficient (Wildman–Crippen LogP) is 3.95. The van der Waals surface area contributed by atoms with Crippen LogP contribution < -0.4 is 10.6 Å². The van der Waals surface area contributed by atoms with Crippen LogP contribution in [-0.4, -0.2) is 67.3 Å². The van der Waals surface area contributed by atoms with Gasteiger partial charge in [-0.1, -0.05) is 0 Å². The lowest BCUT2D eigenvalue weighted by molar-refractivity contribution is 0.0190.